The second kappa shape index (κ2) is 5.54. The molecule has 1 saturated heterocycles. The number of piperidine rings is 1. The van der Waals surface area contributed by atoms with E-state index >= 15 is 0 Å². The predicted molar refractivity (Wildman–Crippen MR) is 87.0 cm³/mol. The molecule has 1 unspecified atom stereocenters. The van der Waals surface area contributed by atoms with Crippen molar-refractivity contribution in [2.75, 3.05) is 18.0 Å². The molecule has 0 aromatic carbocycles. The molecular formula is C17H26N2OS. The fraction of sp³-hybridized carbons (Fsp3) is 0.824. The highest BCUT2D eigenvalue weighted by atomic mass is 32.1. The molecule has 4 rings (SSSR count). The molecule has 2 heterocycles. The van der Waals surface area contributed by atoms with Crippen molar-refractivity contribution in [3.8, 4) is 0 Å². The minimum atomic E-state index is -0.255. The molecule has 1 saturated carbocycles. The topological polar surface area (TPSA) is 36.4 Å². The van der Waals surface area contributed by atoms with E-state index in [1.165, 1.54) is 68.9 Å². The maximum absolute atomic E-state index is 10.1. The number of aliphatic hydroxyl groups is 1. The summed E-state index contributed by atoms with van der Waals surface area (Å²) in [6.45, 7) is 2.34. The molecule has 1 aliphatic heterocycles. The second-order valence-electron chi connectivity index (χ2n) is 7.26. The summed E-state index contributed by atoms with van der Waals surface area (Å²) in [4.78, 5) is 8.47. The summed E-state index contributed by atoms with van der Waals surface area (Å²) in [5.74, 6) is 0. The van der Waals surface area contributed by atoms with Gasteiger partial charge in [-0.2, -0.15) is 0 Å². The monoisotopic (exact) mass is 306 g/mol. The summed E-state index contributed by atoms with van der Waals surface area (Å²) in [6, 6.07) is 0. The van der Waals surface area contributed by atoms with E-state index in [4.69, 9.17) is 4.98 Å². The Morgan fingerprint density at radius 2 is 1.81 bits per heavy atom. The Morgan fingerprint density at radius 3 is 2.52 bits per heavy atom. The molecule has 2 fully saturated rings. The van der Waals surface area contributed by atoms with Crippen LogP contribution in [0.15, 0.2) is 0 Å². The molecule has 21 heavy (non-hydrogen) atoms. The van der Waals surface area contributed by atoms with E-state index in [2.05, 4.69) is 4.90 Å². The predicted octanol–water partition coefficient (Wildman–Crippen LogP) is 4.06. The van der Waals surface area contributed by atoms with Gasteiger partial charge in [-0.15, -0.1) is 0 Å². The number of anilines is 1. The van der Waals surface area contributed by atoms with Crippen molar-refractivity contribution in [1.82, 2.24) is 4.98 Å². The largest absolute Gasteiger partial charge is 0.388 e. The van der Waals surface area contributed by atoms with E-state index < -0.39 is 0 Å². The average Bonchev–Trinajstić information content (AvgIpc) is 2.94. The maximum Gasteiger partial charge on any atom is 0.185 e. The van der Waals surface area contributed by atoms with Crippen LogP contribution in [-0.2, 0) is 6.42 Å². The summed E-state index contributed by atoms with van der Waals surface area (Å²) >= 11 is 1.75. The Balaban J connectivity index is 1.46. The molecule has 1 aromatic heterocycles. The van der Waals surface area contributed by atoms with E-state index in [9.17, 15) is 5.11 Å². The molecule has 1 atom stereocenters. The summed E-state index contributed by atoms with van der Waals surface area (Å²) in [5.41, 5.74) is 1.83. The van der Waals surface area contributed by atoms with Crippen molar-refractivity contribution in [2.45, 2.75) is 70.3 Å². The van der Waals surface area contributed by atoms with Gasteiger partial charge in [0.05, 0.1) is 16.7 Å². The lowest BCUT2D eigenvalue weighted by Crippen LogP contribution is -2.41. The molecule has 3 aliphatic rings. The van der Waals surface area contributed by atoms with Gasteiger partial charge in [-0.3, -0.25) is 0 Å². The Kier molecular flexibility index (Phi) is 3.70. The Labute approximate surface area is 131 Å². The molecular weight excluding hydrogens is 280 g/mol. The van der Waals surface area contributed by atoms with Crippen LogP contribution in [0.1, 0.15) is 74.5 Å². The first kappa shape index (κ1) is 14.0. The SMILES string of the molecule is OC1CCCc2nc(N3CCC4(CCCCC4)CC3)sc21. The van der Waals surface area contributed by atoms with Crippen molar-refractivity contribution in [3.05, 3.63) is 10.6 Å². The minimum Gasteiger partial charge on any atom is -0.388 e. The Bertz CT molecular complexity index is 497. The molecule has 1 aromatic rings. The van der Waals surface area contributed by atoms with Crippen LogP contribution in [0, 0.1) is 5.41 Å². The molecule has 1 N–H and O–H groups in total. The number of hydrogen-bond acceptors (Lipinski definition) is 4. The third-order valence-corrected chi connectivity index (χ3v) is 7.18. The van der Waals surface area contributed by atoms with Crippen LogP contribution in [0.3, 0.4) is 0 Å². The Hall–Kier alpha value is -0.610. The first-order chi connectivity index (χ1) is 10.3. The van der Waals surface area contributed by atoms with Crippen LogP contribution in [-0.4, -0.2) is 23.2 Å². The van der Waals surface area contributed by atoms with Crippen LogP contribution < -0.4 is 4.90 Å². The van der Waals surface area contributed by atoms with Gasteiger partial charge in [0.15, 0.2) is 5.13 Å². The van der Waals surface area contributed by atoms with Crippen molar-refractivity contribution < 1.29 is 5.11 Å². The van der Waals surface area contributed by atoms with Gasteiger partial charge in [-0.25, -0.2) is 4.98 Å². The third kappa shape index (κ3) is 2.61. The third-order valence-electron chi connectivity index (χ3n) is 5.92. The van der Waals surface area contributed by atoms with E-state index in [-0.39, 0.29) is 6.10 Å². The average molecular weight is 306 g/mol. The first-order valence-electron chi connectivity index (χ1n) is 8.68. The normalized spacial score (nSPS) is 28.6. The lowest BCUT2D eigenvalue weighted by atomic mass is 9.68. The van der Waals surface area contributed by atoms with Crippen molar-refractivity contribution >= 4 is 16.5 Å². The highest BCUT2D eigenvalue weighted by Crippen LogP contribution is 2.46. The first-order valence-corrected chi connectivity index (χ1v) is 9.50. The van der Waals surface area contributed by atoms with Crippen LogP contribution in [0.25, 0.3) is 0 Å². The van der Waals surface area contributed by atoms with Gasteiger partial charge >= 0.3 is 0 Å². The fourth-order valence-electron chi connectivity index (χ4n) is 4.49. The summed E-state index contributed by atoms with van der Waals surface area (Å²) in [5, 5.41) is 11.3. The van der Waals surface area contributed by atoms with Gasteiger partial charge in [0, 0.05) is 13.1 Å². The Morgan fingerprint density at radius 1 is 1.05 bits per heavy atom. The lowest BCUT2D eigenvalue weighted by molar-refractivity contribution is 0.144. The standard InChI is InChI=1S/C17H26N2OS/c20-14-6-4-5-13-15(14)21-16(18-13)19-11-9-17(10-12-19)7-2-1-3-8-17/h14,20H,1-12H2. The quantitative estimate of drug-likeness (QED) is 0.850. The minimum absolute atomic E-state index is 0.255. The number of aryl methyl sites for hydroxylation is 1. The number of nitrogens with zero attached hydrogens (tertiary/aromatic N) is 2. The zero-order valence-electron chi connectivity index (χ0n) is 12.8. The summed E-state index contributed by atoms with van der Waals surface area (Å²) in [7, 11) is 0. The van der Waals surface area contributed by atoms with Crippen LogP contribution in [0.2, 0.25) is 0 Å². The van der Waals surface area contributed by atoms with Crippen molar-refractivity contribution in [2.24, 2.45) is 5.41 Å². The zero-order chi connectivity index (χ0) is 14.3. The molecule has 3 nitrogen and oxygen atoms in total. The maximum atomic E-state index is 10.1. The van der Waals surface area contributed by atoms with Crippen LogP contribution in [0.4, 0.5) is 5.13 Å². The number of rotatable bonds is 1. The second-order valence-corrected chi connectivity index (χ2v) is 8.27. The number of thiazole rings is 1. The van der Waals surface area contributed by atoms with Crippen molar-refractivity contribution in [3.63, 3.8) is 0 Å². The lowest BCUT2D eigenvalue weighted by Gasteiger charge is -2.44. The number of hydrogen-bond donors (Lipinski definition) is 1. The molecule has 2 aliphatic carbocycles. The highest BCUT2D eigenvalue weighted by molar-refractivity contribution is 7.15. The number of fused-ring (bicyclic) bond motifs is 1. The van der Waals surface area contributed by atoms with Gasteiger partial charge in [0.2, 0.25) is 0 Å². The van der Waals surface area contributed by atoms with Gasteiger partial charge in [0.25, 0.3) is 0 Å². The molecule has 0 radical (unpaired) electrons. The molecule has 0 bridgehead atoms. The van der Waals surface area contributed by atoms with Gasteiger partial charge in [0.1, 0.15) is 0 Å². The van der Waals surface area contributed by atoms with Gasteiger partial charge < -0.3 is 10.0 Å². The smallest absolute Gasteiger partial charge is 0.185 e. The highest BCUT2D eigenvalue weighted by Gasteiger charge is 2.36. The molecule has 116 valence electrons. The molecule has 4 heteroatoms. The van der Waals surface area contributed by atoms with Gasteiger partial charge in [-0.05, 0) is 50.4 Å². The van der Waals surface area contributed by atoms with Gasteiger partial charge in [-0.1, -0.05) is 30.6 Å². The number of aliphatic hydroxyl groups excluding tert-OH is 1. The fourth-order valence-corrected chi connectivity index (χ4v) is 5.68. The van der Waals surface area contributed by atoms with Crippen molar-refractivity contribution in [1.29, 1.82) is 0 Å². The summed E-state index contributed by atoms with van der Waals surface area (Å²) in [6.07, 6.45) is 12.7. The van der Waals surface area contributed by atoms with Crippen LogP contribution >= 0.6 is 11.3 Å². The van der Waals surface area contributed by atoms with E-state index in [0.717, 1.165) is 24.1 Å². The zero-order valence-corrected chi connectivity index (χ0v) is 13.6. The molecule has 0 amide bonds. The van der Waals surface area contributed by atoms with E-state index in [1.807, 2.05) is 0 Å². The summed E-state index contributed by atoms with van der Waals surface area (Å²) < 4.78 is 0. The molecule has 1 spiro atoms. The van der Waals surface area contributed by atoms with E-state index in [0.29, 0.717) is 5.41 Å². The van der Waals surface area contributed by atoms with Crippen LogP contribution in [0.5, 0.6) is 0 Å². The number of aromatic nitrogens is 1. The van der Waals surface area contributed by atoms with E-state index in [1.54, 1.807) is 11.3 Å².